The highest BCUT2D eigenvalue weighted by molar-refractivity contribution is 6.45. The van der Waals surface area contributed by atoms with Crippen molar-refractivity contribution in [3.05, 3.63) is 52.2 Å². The van der Waals surface area contributed by atoms with Gasteiger partial charge in [-0.1, -0.05) is 28.4 Å². The monoisotopic (exact) mass is 398 g/mol. The fraction of sp³-hybridized carbons (Fsp3) is 0.235. The predicted molar refractivity (Wildman–Crippen MR) is 105 cm³/mol. The second kappa shape index (κ2) is 11.2. The molecule has 0 saturated carbocycles. The first-order valence-corrected chi connectivity index (χ1v) is 8.24. The molecule has 3 N–H and O–H groups in total. The number of amides is 1. The summed E-state index contributed by atoms with van der Waals surface area (Å²) in [6.45, 7) is 1.79. The third-order valence-corrected chi connectivity index (χ3v) is 3.58. The summed E-state index contributed by atoms with van der Waals surface area (Å²) < 4.78 is 5.24. The molecule has 0 aliphatic rings. The van der Waals surface area contributed by atoms with Crippen molar-refractivity contribution >= 4 is 46.4 Å². The van der Waals surface area contributed by atoms with Crippen LogP contribution < -0.4 is 10.6 Å². The Labute approximate surface area is 162 Å². The minimum Gasteiger partial charge on any atom is -0.474 e. The van der Waals surface area contributed by atoms with Gasteiger partial charge < -0.3 is 20.2 Å². The largest absolute Gasteiger partial charge is 0.474 e. The Morgan fingerprint density at radius 2 is 2.12 bits per heavy atom. The molecule has 1 amide bonds. The van der Waals surface area contributed by atoms with E-state index in [4.69, 9.17) is 33.3 Å². The Morgan fingerprint density at radius 1 is 1.38 bits per heavy atom. The number of oxime groups is 1. The van der Waals surface area contributed by atoms with Crippen LogP contribution in [0.1, 0.15) is 6.92 Å². The molecule has 0 atom stereocenters. The zero-order chi connectivity index (χ0) is 19.5. The van der Waals surface area contributed by atoms with E-state index in [0.717, 1.165) is 0 Å². The van der Waals surface area contributed by atoms with Crippen LogP contribution in [0.4, 0.5) is 5.69 Å². The summed E-state index contributed by atoms with van der Waals surface area (Å²) in [5.41, 5.74) is 1.36. The fourth-order valence-corrected chi connectivity index (χ4v) is 2.18. The molecule has 0 aliphatic heterocycles. The second-order valence-corrected chi connectivity index (χ2v) is 5.71. The molecule has 0 heterocycles. The van der Waals surface area contributed by atoms with Gasteiger partial charge in [-0.05, 0) is 36.8 Å². The normalized spacial score (nSPS) is 12.0. The van der Waals surface area contributed by atoms with Gasteiger partial charge >= 0.3 is 0 Å². The van der Waals surface area contributed by atoms with Gasteiger partial charge in [-0.25, -0.2) is 0 Å². The van der Waals surface area contributed by atoms with Gasteiger partial charge in [0.05, 0.1) is 10.7 Å². The number of carbonyl (C=O) groups is 1. The van der Waals surface area contributed by atoms with Crippen molar-refractivity contribution in [2.45, 2.75) is 6.92 Å². The van der Waals surface area contributed by atoms with Crippen molar-refractivity contribution in [3.63, 3.8) is 0 Å². The van der Waals surface area contributed by atoms with Gasteiger partial charge in [0.25, 0.3) is 5.91 Å². The number of nitrogens with one attached hydrogen (secondary N) is 3. The number of anilines is 1. The number of carbonyl (C=O) groups excluding carboxylic acids is 1. The highest BCUT2D eigenvalue weighted by Crippen LogP contribution is 2.25. The highest BCUT2D eigenvalue weighted by Gasteiger charge is 2.12. The second-order valence-electron chi connectivity index (χ2n) is 4.87. The standard InChI is InChI=1S/C17H20Cl2N4O3/c1-11(16(23-25-3)17(24)21-2)7-9-26-15(20)6-8-22-14-5-4-12(18)10-13(14)19/h4-8,10,20,22H,9H2,1-3H3,(H,21,24)/b8-6-,11-7-,20-15?,23-16+. The van der Waals surface area contributed by atoms with Crippen molar-refractivity contribution in [1.82, 2.24) is 5.32 Å². The first-order chi connectivity index (χ1) is 12.4. The molecule has 26 heavy (non-hydrogen) atoms. The lowest BCUT2D eigenvalue weighted by atomic mass is 10.1. The van der Waals surface area contributed by atoms with Crippen LogP contribution in [0.2, 0.25) is 10.0 Å². The lowest BCUT2D eigenvalue weighted by molar-refractivity contribution is -0.114. The highest BCUT2D eigenvalue weighted by atomic mass is 35.5. The maximum absolute atomic E-state index is 11.7. The van der Waals surface area contributed by atoms with Crippen LogP contribution in [0.3, 0.4) is 0 Å². The number of halogens is 2. The molecule has 0 saturated heterocycles. The lowest BCUT2D eigenvalue weighted by Crippen LogP contribution is -2.28. The number of nitrogens with zero attached hydrogens (tertiary/aromatic N) is 1. The molecule has 140 valence electrons. The van der Waals surface area contributed by atoms with Crippen molar-refractivity contribution in [2.24, 2.45) is 5.16 Å². The fourth-order valence-electron chi connectivity index (χ4n) is 1.72. The molecule has 0 spiro atoms. The Hall–Kier alpha value is -2.51. The predicted octanol–water partition coefficient (Wildman–Crippen LogP) is 3.61. The summed E-state index contributed by atoms with van der Waals surface area (Å²) in [7, 11) is 2.85. The van der Waals surface area contributed by atoms with Gasteiger partial charge in [0.2, 0.25) is 5.90 Å². The third kappa shape index (κ3) is 7.16. The van der Waals surface area contributed by atoms with Crippen molar-refractivity contribution in [2.75, 3.05) is 26.1 Å². The molecule has 0 bridgehead atoms. The molecule has 0 radical (unpaired) electrons. The summed E-state index contributed by atoms with van der Waals surface area (Å²) in [5, 5.41) is 17.8. The molecular weight excluding hydrogens is 379 g/mol. The SMILES string of the molecule is CNC(=O)C(=N/OC)/C(C)=C\COC(=N)/C=C\Nc1ccc(Cl)cc1Cl. The van der Waals surface area contributed by atoms with Crippen LogP contribution in [0.25, 0.3) is 0 Å². The molecule has 1 aromatic carbocycles. The Kier molecular flexibility index (Phi) is 9.25. The lowest BCUT2D eigenvalue weighted by Gasteiger charge is -2.06. The van der Waals surface area contributed by atoms with E-state index in [0.29, 0.717) is 21.3 Å². The third-order valence-electron chi connectivity index (χ3n) is 3.03. The van der Waals surface area contributed by atoms with E-state index >= 15 is 0 Å². The quantitative estimate of drug-likeness (QED) is 0.354. The zero-order valence-electron chi connectivity index (χ0n) is 14.6. The first kappa shape index (κ1) is 21.5. The molecule has 0 fully saturated rings. The van der Waals surface area contributed by atoms with Gasteiger partial charge in [-0.3, -0.25) is 10.2 Å². The summed E-state index contributed by atoms with van der Waals surface area (Å²) in [6, 6.07) is 5.03. The zero-order valence-corrected chi connectivity index (χ0v) is 16.1. The average Bonchev–Trinajstić information content (AvgIpc) is 2.60. The van der Waals surface area contributed by atoms with E-state index in [1.54, 1.807) is 31.2 Å². The average molecular weight is 399 g/mol. The Bertz CT molecular complexity index is 746. The molecule has 9 heteroatoms. The van der Waals surface area contributed by atoms with E-state index in [1.165, 1.54) is 26.4 Å². The summed E-state index contributed by atoms with van der Waals surface area (Å²) >= 11 is 11.9. The van der Waals surface area contributed by atoms with Crippen LogP contribution in [-0.4, -0.2) is 38.3 Å². The minimum atomic E-state index is -0.375. The topological polar surface area (TPSA) is 95.8 Å². The van der Waals surface area contributed by atoms with Crippen LogP contribution in [0, 0.1) is 5.41 Å². The molecule has 1 aromatic rings. The van der Waals surface area contributed by atoms with Crippen molar-refractivity contribution in [3.8, 4) is 0 Å². The molecule has 0 unspecified atom stereocenters. The summed E-state index contributed by atoms with van der Waals surface area (Å²) in [5.74, 6) is -0.448. The van der Waals surface area contributed by atoms with E-state index in [-0.39, 0.29) is 24.1 Å². The van der Waals surface area contributed by atoms with E-state index in [2.05, 4.69) is 20.6 Å². The summed E-state index contributed by atoms with van der Waals surface area (Å²) in [4.78, 5) is 16.3. The van der Waals surface area contributed by atoms with Crippen LogP contribution in [0.15, 0.2) is 47.3 Å². The Morgan fingerprint density at radius 3 is 2.73 bits per heavy atom. The maximum atomic E-state index is 11.7. The number of hydrogen-bond acceptors (Lipinski definition) is 6. The van der Waals surface area contributed by atoms with Crippen LogP contribution in [-0.2, 0) is 14.4 Å². The molecule has 0 aliphatic carbocycles. The van der Waals surface area contributed by atoms with Crippen LogP contribution >= 0.6 is 23.2 Å². The van der Waals surface area contributed by atoms with E-state index in [9.17, 15) is 4.79 Å². The van der Waals surface area contributed by atoms with Gasteiger partial charge in [-0.2, -0.15) is 0 Å². The van der Waals surface area contributed by atoms with Gasteiger partial charge in [0.15, 0.2) is 5.71 Å². The number of ether oxygens (including phenoxy) is 1. The van der Waals surface area contributed by atoms with Gasteiger partial charge in [0.1, 0.15) is 13.7 Å². The van der Waals surface area contributed by atoms with E-state index < -0.39 is 0 Å². The van der Waals surface area contributed by atoms with E-state index in [1.807, 2.05) is 0 Å². The maximum Gasteiger partial charge on any atom is 0.273 e. The Balaban J connectivity index is 2.55. The smallest absolute Gasteiger partial charge is 0.273 e. The van der Waals surface area contributed by atoms with Gasteiger partial charge in [0, 0.05) is 24.3 Å². The van der Waals surface area contributed by atoms with Crippen LogP contribution in [0.5, 0.6) is 0 Å². The first-order valence-electron chi connectivity index (χ1n) is 7.48. The van der Waals surface area contributed by atoms with Crippen molar-refractivity contribution in [1.29, 1.82) is 5.41 Å². The minimum absolute atomic E-state index is 0.0724. The van der Waals surface area contributed by atoms with Crippen molar-refractivity contribution < 1.29 is 14.4 Å². The molecule has 0 aromatic heterocycles. The number of benzene rings is 1. The molecule has 7 nitrogen and oxygen atoms in total. The molecular formula is C17H20Cl2N4O3. The summed E-state index contributed by atoms with van der Waals surface area (Å²) in [6.07, 6.45) is 4.58. The molecule has 1 rings (SSSR count). The van der Waals surface area contributed by atoms with Gasteiger partial charge in [-0.15, -0.1) is 0 Å². The number of hydrogen-bond donors (Lipinski definition) is 3. The number of rotatable bonds is 8.